The number of para-hydroxylation sites is 1. The van der Waals surface area contributed by atoms with Crippen LogP contribution >= 0.6 is 0 Å². The molecule has 0 aliphatic rings. The largest absolute Gasteiger partial charge is 0.418 e. The number of halogens is 3. The fraction of sp³-hybridized carbons (Fsp3) is 0.0625. The standard InChI is InChI=1S/C16H12F3NO/c17-16(18,19)13-8-4-5-9-14(13)20-15(21)11-10-12-6-2-1-3-7-12/h1-11H,(H,20,21)/b11-10-. The summed E-state index contributed by atoms with van der Waals surface area (Å²) in [5.41, 5.74) is -0.337. The first-order valence-electron chi connectivity index (χ1n) is 6.17. The minimum absolute atomic E-state index is 0.257. The number of hydrogen-bond donors (Lipinski definition) is 1. The van der Waals surface area contributed by atoms with Gasteiger partial charge in [-0.15, -0.1) is 0 Å². The Morgan fingerprint density at radius 3 is 2.24 bits per heavy atom. The lowest BCUT2D eigenvalue weighted by Crippen LogP contribution is -2.14. The molecule has 21 heavy (non-hydrogen) atoms. The first kappa shape index (κ1) is 14.8. The first-order valence-corrected chi connectivity index (χ1v) is 6.17. The Morgan fingerprint density at radius 2 is 1.57 bits per heavy atom. The van der Waals surface area contributed by atoms with Gasteiger partial charge in [-0.2, -0.15) is 13.2 Å². The zero-order valence-corrected chi connectivity index (χ0v) is 10.9. The molecule has 0 radical (unpaired) electrons. The number of carbonyl (C=O) groups excluding carboxylic acids is 1. The van der Waals surface area contributed by atoms with E-state index in [9.17, 15) is 18.0 Å². The average molecular weight is 291 g/mol. The van der Waals surface area contributed by atoms with Gasteiger partial charge < -0.3 is 5.32 Å². The summed E-state index contributed by atoms with van der Waals surface area (Å²) in [6.45, 7) is 0. The van der Waals surface area contributed by atoms with Gasteiger partial charge >= 0.3 is 6.18 Å². The van der Waals surface area contributed by atoms with E-state index < -0.39 is 17.6 Å². The van der Waals surface area contributed by atoms with Crippen LogP contribution in [-0.2, 0) is 11.0 Å². The van der Waals surface area contributed by atoms with E-state index in [1.807, 2.05) is 6.07 Å². The molecule has 0 saturated carbocycles. The van der Waals surface area contributed by atoms with Gasteiger partial charge in [-0.25, -0.2) is 0 Å². The van der Waals surface area contributed by atoms with Crippen LogP contribution in [0.5, 0.6) is 0 Å². The van der Waals surface area contributed by atoms with Crippen LogP contribution in [0.25, 0.3) is 6.08 Å². The van der Waals surface area contributed by atoms with E-state index in [0.29, 0.717) is 0 Å². The maximum Gasteiger partial charge on any atom is 0.418 e. The number of nitrogens with one attached hydrogen (secondary N) is 1. The lowest BCUT2D eigenvalue weighted by Gasteiger charge is -2.12. The Hall–Kier alpha value is -2.56. The van der Waals surface area contributed by atoms with Crippen molar-refractivity contribution in [1.29, 1.82) is 0 Å². The fourth-order valence-corrected chi connectivity index (χ4v) is 1.75. The predicted molar refractivity (Wildman–Crippen MR) is 75.5 cm³/mol. The fourth-order valence-electron chi connectivity index (χ4n) is 1.75. The molecule has 2 rings (SSSR count). The molecule has 2 nitrogen and oxygen atoms in total. The van der Waals surface area contributed by atoms with Crippen LogP contribution in [0.4, 0.5) is 18.9 Å². The van der Waals surface area contributed by atoms with Crippen molar-refractivity contribution >= 4 is 17.7 Å². The van der Waals surface area contributed by atoms with E-state index in [0.717, 1.165) is 11.6 Å². The third-order valence-electron chi connectivity index (χ3n) is 2.72. The Kier molecular flexibility index (Phi) is 4.42. The highest BCUT2D eigenvalue weighted by atomic mass is 19.4. The average Bonchev–Trinajstić information content (AvgIpc) is 2.46. The molecule has 5 heteroatoms. The highest BCUT2D eigenvalue weighted by Gasteiger charge is 2.33. The maximum atomic E-state index is 12.8. The van der Waals surface area contributed by atoms with E-state index >= 15 is 0 Å². The van der Waals surface area contributed by atoms with Gasteiger partial charge in [0.2, 0.25) is 5.91 Å². The molecule has 0 aromatic heterocycles. The topological polar surface area (TPSA) is 29.1 Å². The molecule has 0 atom stereocenters. The predicted octanol–water partition coefficient (Wildman–Crippen LogP) is 4.36. The lowest BCUT2D eigenvalue weighted by molar-refractivity contribution is -0.136. The Balaban J connectivity index is 2.12. The van der Waals surface area contributed by atoms with Gasteiger partial charge in [0.25, 0.3) is 0 Å². The second-order valence-corrected chi connectivity index (χ2v) is 4.28. The Labute approximate surface area is 119 Å². The van der Waals surface area contributed by atoms with Crippen LogP contribution in [0.2, 0.25) is 0 Å². The van der Waals surface area contributed by atoms with E-state index in [4.69, 9.17) is 0 Å². The van der Waals surface area contributed by atoms with Crippen molar-refractivity contribution < 1.29 is 18.0 Å². The summed E-state index contributed by atoms with van der Waals surface area (Å²) in [6, 6.07) is 13.9. The molecule has 2 aromatic rings. The number of amides is 1. The summed E-state index contributed by atoms with van der Waals surface area (Å²) in [4.78, 5) is 11.7. The van der Waals surface area contributed by atoms with Gasteiger partial charge in [0.1, 0.15) is 0 Å². The van der Waals surface area contributed by atoms with Gasteiger partial charge in [0.15, 0.2) is 0 Å². The minimum atomic E-state index is -4.51. The summed E-state index contributed by atoms with van der Waals surface area (Å²) in [7, 11) is 0. The number of rotatable bonds is 3. The van der Waals surface area contributed by atoms with E-state index in [2.05, 4.69) is 5.32 Å². The molecular weight excluding hydrogens is 279 g/mol. The molecule has 1 amide bonds. The zero-order valence-electron chi connectivity index (χ0n) is 10.9. The highest BCUT2D eigenvalue weighted by Crippen LogP contribution is 2.34. The second kappa shape index (κ2) is 6.26. The molecule has 0 bridgehead atoms. The van der Waals surface area contributed by atoms with Crippen molar-refractivity contribution in [1.82, 2.24) is 0 Å². The minimum Gasteiger partial charge on any atom is -0.322 e. The third kappa shape index (κ3) is 4.21. The van der Waals surface area contributed by atoms with Crippen LogP contribution in [0, 0.1) is 0 Å². The molecule has 0 spiro atoms. The van der Waals surface area contributed by atoms with Gasteiger partial charge in [0.05, 0.1) is 11.3 Å². The summed E-state index contributed by atoms with van der Waals surface area (Å²) >= 11 is 0. The molecular formula is C16H12F3NO. The molecule has 1 N–H and O–H groups in total. The van der Waals surface area contributed by atoms with Crippen molar-refractivity contribution in [2.75, 3.05) is 5.32 Å². The number of hydrogen-bond acceptors (Lipinski definition) is 1. The number of anilines is 1. The number of carbonyl (C=O) groups is 1. The molecule has 0 unspecified atom stereocenters. The van der Waals surface area contributed by atoms with Gasteiger partial charge in [-0.3, -0.25) is 4.79 Å². The Morgan fingerprint density at radius 1 is 0.952 bits per heavy atom. The van der Waals surface area contributed by atoms with Crippen molar-refractivity contribution in [3.63, 3.8) is 0 Å². The third-order valence-corrected chi connectivity index (χ3v) is 2.72. The number of benzene rings is 2. The van der Waals surface area contributed by atoms with Gasteiger partial charge in [-0.05, 0) is 23.8 Å². The summed E-state index contributed by atoms with van der Waals surface area (Å²) in [5.74, 6) is -0.615. The van der Waals surface area contributed by atoms with Crippen LogP contribution in [-0.4, -0.2) is 5.91 Å². The Bertz CT molecular complexity index is 648. The van der Waals surface area contributed by atoms with Gasteiger partial charge in [0, 0.05) is 6.08 Å². The normalized spacial score (nSPS) is 11.6. The molecule has 0 saturated heterocycles. The van der Waals surface area contributed by atoms with Crippen LogP contribution < -0.4 is 5.32 Å². The monoisotopic (exact) mass is 291 g/mol. The SMILES string of the molecule is O=C(/C=C\c1ccccc1)Nc1ccccc1C(F)(F)F. The smallest absolute Gasteiger partial charge is 0.322 e. The summed E-state index contributed by atoms with van der Waals surface area (Å²) < 4.78 is 38.3. The molecule has 0 fully saturated rings. The van der Waals surface area contributed by atoms with Crippen molar-refractivity contribution in [3.05, 3.63) is 71.8 Å². The molecule has 0 aliphatic heterocycles. The quantitative estimate of drug-likeness (QED) is 0.836. The lowest BCUT2D eigenvalue weighted by atomic mass is 10.1. The van der Waals surface area contributed by atoms with E-state index in [-0.39, 0.29) is 5.69 Å². The van der Waals surface area contributed by atoms with Gasteiger partial charge in [-0.1, -0.05) is 42.5 Å². The van der Waals surface area contributed by atoms with E-state index in [1.54, 1.807) is 24.3 Å². The maximum absolute atomic E-state index is 12.8. The van der Waals surface area contributed by atoms with Crippen LogP contribution in [0.3, 0.4) is 0 Å². The van der Waals surface area contributed by atoms with Crippen LogP contribution in [0.1, 0.15) is 11.1 Å². The molecule has 0 aliphatic carbocycles. The second-order valence-electron chi connectivity index (χ2n) is 4.28. The summed E-state index contributed by atoms with van der Waals surface area (Å²) in [5, 5.41) is 2.24. The molecule has 108 valence electrons. The highest BCUT2D eigenvalue weighted by molar-refractivity contribution is 6.02. The first-order chi connectivity index (χ1) is 9.97. The van der Waals surface area contributed by atoms with Crippen molar-refractivity contribution in [3.8, 4) is 0 Å². The molecule has 0 heterocycles. The molecule has 2 aromatic carbocycles. The zero-order chi connectivity index (χ0) is 15.3. The van der Waals surface area contributed by atoms with Crippen molar-refractivity contribution in [2.45, 2.75) is 6.18 Å². The summed E-state index contributed by atoms with van der Waals surface area (Å²) in [6.07, 6.45) is -1.78. The number of alkyl halides is 3. The van der Waals surface area contributed by atoms with E-state index in [1.165, 1.54) is 30.4 Å². The van der Waals surface area contributed by atoms with Crippen molar-refractivity contribution in [2.24, 2.45) is 0 Å². The van der Waals surface area contributed by atoms with Crippen LogP contribution in [0.15, 0.2) is 60.7 Å².